The summed E-state index contributed by atoms with van der Waals surface area (Å²) in [5.74, 6) is 0.734. The van der Waals surface area contributed by atoms with Gasteiger partial charge in [-0.3, -0.25) is 0 Å². The van der Waals surface area contributed by atoms with Gasteiger partial charge < -0.3 is 15.8 Å². The zero-order valence-corrected chi connectivity index (χ0v) is 13.0. The van der Waals surface area contributed by atoms with Crippen LogP contribution in [-0.4, -0.2) is 6.61 Å². The zero-order valence-electron chi connectivity index (χ0n) is 10.8. The normalized spacial score (nSPS) is 10.2. The lowest BCUT2D eigenvalue weighted by atomic mass is 10.2. The van der Waals surface area contributed by atoms with Crippen LogP contribution in [0, 0.1) is 3.57 Å². The highest BCUT2D eigenvalue weighted by Crippen LogP contribution is 2.29. The van der Waals surface area contributed by atoms with Crippen LogP contribution in [0.15, 0.2) is 42.5 Å². The molecule has 0 spiro atoms. The van der Waals surface area contributed by atoms with Crippen molar-refractivity contribution in [3.05, 3.63) is 46.0 Å². The Morgan fingerprint density at radius 3 is 2.74 bits per heavy atom. The van der Waals surface area contributed by atoms with Crippen LogP contribution in [0.3, 0.4) is 0 Å². The lowest BCUT2D eigenvalue weighted by Crippen LogP contribution is -2.00. The maximum Gasteiger partial charge on any atom is 0.144 e. The number of halogens is 1. The molecule has 0 aliphatic carbocycles. The highest BCUT2D eigenvalue weighted by molar-refractivity contribution is 14.1. The molecule has 2 aromatic carbocycles. The van der Waals surface area contributed by atoms with Crippen molar-refractivity contribution < 1.29 is 4.74 Å². The molecule has 0 unspecified atom stereocenters. The summed E-state index contributed by atoms with van der Waals surface area (Å²) in [6.45, 7) is 2.75. The molecule has 3 N–H and O–H groups in total. The second kappa shape index (κ2) is 6.65. The molecule has 0 amide bonds. The minimum absolute atomic E-state index is 0.668. The Morgan fingerprint density at radius 1 is 1.21 bits per heavy atom. The van der Waals surface area contributed by atoms with Crippen LogP contribution < -0.4 is 15.8 Å². The van der Waals surface area contributed by atoms with Gasteiger partial charge in [-0.25, -0.2) is 0 Å². The molecule has 3 nitrogen and oxygen atoms in total. The van der Waals surface area contributed by atoms with Crippen LogP contribution in [0.25, 0.3) is 0 Å². The molecule has 0 saturated carbocycles. The first-order valence-electron chi connectivity index (χ1n) is 6.24. The minimum atomic E-state index is 0.668. The standard InChI is InChI=1S/C15H17IN2O/c1-2-9-19-15-10-11(7-8-13(15)17)18-14-6-4-3-5-12(14)16/h3-8,10,18H,2,9,17H2,1H3. The fraction of sp³-hybridized carbons (Fsp3) is 0.200. The van der Waals surface area contributed by atoms with Gasteiger partial charge in [-0.05, 0) is 53.3 Å². The van der Waals surface area contributed by atoms with Crippen molar-refractivity contribution in [3.8, 4) is 5.75 Å². The van der Waals surface area contributed by atoms with Crippen LogP contribution in [0.4, 0.5) is 17.1 Å². The molecule has 0 aliphatic heterocycles. The second-order valence-corrected chi connectivity index (χ2v) is 5.37. The molecule has 2 aromatic rings. The SMILES string of the molecule is CCCOc1cc(Nc2ccccc2I)ccc1N. The first-order valence-corrected chi connectivity index (χ1v) is 7.32. The summed E-state index contributed by atoms with van der Waals surface area (Å²) in [6.07, 6.45) is 0.966. The number of nitrogens with two attached hydrogens (primary N) is 1. The van der Waals surface area contributed by atoms with Gasteiger partial charge in [-0.1, -0.05) is 19.1 Å². The summed E-state index contributed by atoms with van der Waals surface area (Å²) in [6, 6.07) is 13.9. The zero-order chi connectivity index (χ0) is 13.7. The maximum atomic E-state index is 5.90. The third kappa shape index (κ3) is 3.76. The van der Waals surface area contributed by atoms with Gasteiger partial charge in [-0.2, -0.15) is 0 Å². The molecule has 0 aliphatic rings. The Labute approximate surface area is 127 Å². The van der Waals surface area contributed by atoms with E-state index in [9.17, 15) is 0 Å². The minimum Gasteiger partial charge on any atom is -0.491 e. The van der Waals surface area contributed by atoms with E-state index in [-0.39, 0.29) is 0 Å². The molecule has 0 fully saturated rings. The van der Waals surface area contributed by atoms with E-state index >= 15 is 0 Å². The number of hydrogen-bond acceptors (Lipinski definition) is 3. The molecule has 0 saturated heterocycles. The van der Waals surface area contributed by atoms with Crippen molar-refractivity contribution in [1.82, 2.24) is 0 Å². The molecule has 100 valence electrons. The van der Waals surface area contributed by atoms with Gasteiger partial charge in [0.1, 0.15) is 5.75 Å². The predicted octanol–water partition coefficient (Wildman–Crippen LogP) is 4.41. The number of benzene rings is 2. The lowest BCUT2D eigenvalue weighted by molar-refractivity contribution is 0.319. The van der Waals surface area contributed by atoms with E-state index in [4.69, 9.17) is 10.5 Å². The highest BCUT2D eigenvalue weighted by Gasteiger charge is 2.04. The van der Waals surface area contributed by atoms with Gasteiger partial charge in [0.2, 0.25) is 0 Å². The van der Waals surface area contributed by atoms with Gasteiger partial charge >= 0.3 is 0 Å². The summed E-state index contributed by atoms with van der Waals surface area (Å²) in [4.78, 5) is 0. The van der Waals surface area contributed by atoms with Crippen molar-refractivity contribution in [2.75, 3.05) is 17.7 Å². The molecule has 2 rings (SSSR count). The van der Waals surface area contributed by atoms with Crippen LogP contribution in [0.5, 0.6) is 5.75 Å². The Bertz CT molecular complexity index is 558. The molecule has 0 heterocycles. The number of para-hydroxylation sites is 1. The van der Waals surface area contributed by atoms with Gasteiger partial charge in [0, 0.05) is 15.3 Å². The topological polar surface area (TPSA) is 47.3 Å². The lowest BCUT2D eigenvalue weighted by Gasteiger charge is -2.12. The van der Waals surface area contributed by atoms with E-state index in [2.05, 4.69) is 40.9 Å². The number of anilines is 3. The van der Waals surface area contributed by atoms with Crippen LogP contribution in [0.2, 0.25) is 0 Å². The largest absolute Gasteiger partial charge is 0.491 e. The van der Waals surface area contributed by atoms with Gasteiger partial charge in [0.25, 0.3) is 0 Å². The molecule has 19 heavy (non-hydrogen) atoms. The Balaban J connectivity index is 2.19. The average molecular weight is 368 g/mol. The number of nitrogens with one attached hydrogen (secondary N) is 1. The predicted molar refractivity (Wildman–Crippen MR) is 89.1 cm³/mol. The Kier molecular flexibility index (Phi) is 4.90. The average Bonchev–Trinajstić information content (AvgIpc) is 2.42. The molecular weight excluding hydrogens is 351 g/mol. The monoisotopic (exact) mass is 368 g/mol. The van der Waals surface area contributed by atoms with Gasteiger partial charge in [0.05, 0.1) is 18.0 Å². The summed E-state index contributed by atoms with van der Waals surface area (Å²) in [7, 11) is 0. The smallest absolute Gasteiger partial charge is 0.144 e. The van der Waals surface area contributed by atoms with E-state index in [1.807, 2.05) is 36.4 Å². The van der Waals surface area contributed by atoms with Crippen molar-refractivity contribution in [3.63, 3.8) is 0 Å². The van der Waals surface area contributed by atoms with E-state index < -0.39 is 0 Å². The first kappa shape index (κ1) is 14.0. The van der Waals surface area contributed by atoms with Gasteiger partial charge in [-0.15, -0.1) is 0 Å². The molecule has 0 bridgehead atoms. The Morgan fingerprint density at radius 2 is 2.00 bits per heavy atom. The Hall–Kier alpha value is -1.43. The van der Waals surface area contributed by atoms with E-state index in [1.54, 1.807) is 0 Å². The van der Waals surface area contributed by atoms with Crippen LogP contribution in [0.1, 0.15) is 13.3 Å². The van der Waals surface area contributed by atoms with Crippen molar-refractivity contribution in [1.29, 1.82) is 0 Å². The third-order valence-corrected chi connectivity index (χ3v) is 3.57. The fourth-order valence-corrected chi connectivity index (χ4v) is 2.19. The summed E-state index contributed by atoms with van der Waals surface area (Å²) < 4.78 is 6.80. The van der Waals surface area contributed by atoms with Crippen molar-refractivity contribution in [2.45, 2.75) is 13.3 Å². The molecule has 0 radical (unpaired) electrons. The number of ether oxygens (including phenoxy) is 1. The number of nitrogen functional groups attached to an aromatic ring is 1. The van der Waals surface area contributed by atoms with Crippen LogP contribution >= 0.6 is 22.6 Å². The van der Waals surface area contributed by atoms with Gasteiger partial charge in [0.15, 0.2) is 0 Å². The maximum absolute atomic E-state index is 5.90. The third-order valence-electron chi connectivity index (χ3n) is 2.63. The van der Waals surface area contributed by atoms with Crippen molar-refractivity contribution in [2.24, 2.45) is 0 Å². The molecular formula is C15H17IN2O. The summed E-state index contributed by atoms with van der Waals surface area (Å²) >= 11 is 2.31. The molecule has 0 aromatic heterocycles. The van der Waals surface area contributed by atoms with Crippen molar-refractivity contribution >= 4 is 39.7 Å². The quantitative estimate of drug-likeness (QED) is 0.607. The summed E-state index contributed by atoms with van der Waals surface area (Å²) in [5, 5.41) is 3.37. The van der Waals surface area contributed by atoms with E-state index in [0.29, 0.717) is 12.3 Å². The first-order chi connectivity index (χ1) is 9.20. The summed E-state index contributed by atoms with van der Waals surface area (Å²) in [5.41, 5.74) is 8.62. The second-order valence-electron chi connectivity index (χ2n) is 4.21. The molecule has 4 heteroatoms. The highest BCUT2D eigenvalue weighted by atomic mass is 127. The molecule has 0 atom stereocenters. The van der Waals surface area contributed by atoms with E-state index in [1.165, 1.54) is 3.57 Å². The van der Waals surface area contributed by atoms with E-state index in [0.717, 1.165) is 23.5 Å². The fourth-order valence-electron chi connectivity index (χ4n) is 1.67. The number of rotatable bonds is 5. The van der Waals surface area contributed by atoms with Crippen LogP contribution in [-0.2, 0) is 0 Å². The number of hydrogen-bond donors (Lipinski definition) is 2.